The number of amides is 1. The van der Waals surface area contributed by atoms with Gasteiger partial charge in [-0.3, -0.25) is 9.59 Å². The van der Waals surface area contributed by atoms with Crippen molar-refractivity contribution in [1.82, 2.24) is 5.32 Å². The molecule has 0 aliphatic carbocycles. The number of para-hydroxylation sites is 1. The Bertz CT molecular complexity index is 1380. The van der Waals surface area contributed by atoms with Crippen LogP contribution >= 0.6 is 23.1 Å². The summed E-state index contributed by atoms with van der Waals surface area (Å²) in [6, 6.07) is 20.7. The highest BCUT2D eigenvalue weighted by molar-refractivity contribution is 8.03. The van der Waals surface area contributed by atoms with Crippen LogP contribution < -0.4 is 15.4 Å². The third kappa shape index (κ3) is 5.38. The average Bonchev–Trinajstić information content (AvgIpc) is 3.43. The second kappa shape index (κ2) is 11.3. The highest BCUT2D eigenvalue weighted by atomic mass is 32.2. The van der Waals surface area contributed by atoms with Crippen molar-refractivity contribution < 1.29 is 14.3 Å². The monoisotopic (exact) mass is 515 g/mol. The molecule has 182 valence electrons. The van der Waals surface area contributed by atoms with Crippen LogP contribution in [0, 0.1) is 18.3 Å². The van der Waals surface area contributed by atoms with Gasteiger partial charge < -0.3 is 15.4 Å². The van der Waals surface area contributed by atoms with E-state index in [0.717, 1.165) is 16.1 Å². The van der Waals surface area contributed by atoms with E-state index in [4.69, 9.17) is 4.74 Å². The zero-order chi connectivity index (χ0) is 25.7. The molecule has 0 spiro atoms. The first-order valence-electron chi connectivity index (χ1n) is 11.3. The normalized spacial score (nSPS) is 15.2. The molecule has 4 rings (SSSR count). The molecular weight excluding hydrogens is 490 g/mol. The van der Waals surface area contributed by atoms with Gasteiger partial charge in [-0.15, -0.1) is 11.3 Å². The minimum Gasteiger partial charge on any atom is -0.497 e. The van der Waals surface area contributed by atoms with E-state index in [1.165, 1.54) is 23.1 Å². The van der Waals surface area contributed by atoms with Crippen LogP contribution in [0.25, 0.3) is 0 Å². The molecule has 36 heavy (non-hydrogen) atoms. The number of ketones is 1. The highest BCUT2D eigenvalue weighted by Gasteiger charge is 2.35. The summed E-state index contributed by atoms with van der Waals surface area (Å²) >= 11 is 2.76. The minimum atomic E-state index is -0.529. The Balaban J connectivity index is 1.62. The Morgan fingerprint density at radius 2 is 1.86 bits per heavy atom. The van der Waals surface area contributed by atoms with Gasteiger partial charge in [0.25, 0.3) is 5.91 Å². The molecule has 0 saturated heterocycles. The van der Waals surface area contributed by atoms with Crippen LogP contribution in [0.1, 0.15) is 33.6 Å². The van der Waals surface area contributed by atoms with Gasteiger partial charge in [-0.05, 0) is 61.2 Å². The molecule has 1 aliphatic heterocycles. The standard InChI is InChI=1S/C28H25N3O3S2/c1-17-7-4-5-8-22(17)31-27(33)25-18(2)30-28(21(15-29)26(25)24-9-6-14-35-24)36-16-23(32)19-10-12-20(34-3)13-11-19/h4-14,26,30H,16H2,1-3H3,(H,31,33)/t26-/m0/s1. The Morgan fingerprint density at radius 1 is 1.11 bits per heavy atom. The van der Waals surface area contributed by atoms with Crippen molar-refractivity contribution in [2.45, 2.75) is 19.8 Å². The average molecular weight is 516 g/mol. The lowest BCUT2D eigenvalue weighted by atomic mass is 9.86. The molecule has 0 saturated carbocycles. The van der Waals surface area contributed by atoms with Gasteiger partial charge in [0.05, 0.1) is 35.5 Å². The summed E-state index contributed by atoms with van der Waals surface area (Å²) in [4.78, 5) is 27.2. The van der Waals surface area contributed by atoms with Crippen molar-refractivity contribution >= 4 is 40.5 Å². The first kappa shape index (κ1) is 25.3. The first-order chi connectivity index (χ1) is 17.4. The highest BCUT2D eigenvalue weighted by Crippen LogP contribution is 2.42. The molecule has 0 radical (unpaired) electrons. The van der Waals surface area contributed by atoms with Gasteiger partial charge in [0.15, 0.2) is 5.78 Å². The molecule has 2 aromatic carbocycles. The Labute approximate surface area is 218 Å². The maximum Gasteiger partial charge on any atom is 0.254 e. The maximum absolute atomic E-state index is 13.5. The smallest absolute Gasteiger partial charge is 0.254 e. The summed E-state index contributed by atoms with van der Waals surface area (Å²) < 4.78 is 5.16. The van der Waals surface area contributed by atoms with Crippen LogP contribution in [0.3, 0.4) is 0 Å². The largest absolute Gasteiger partial charge is 0.497 e. The second-order valence-corrected chi connectivity index (χ2v) is 10.1. The molecule has 1 aromatic heterocycles. The number of dihydropyridines is 1. The summed E-state index contributed by atoms with van der Waals surface area (Å²) in [5, 5.41) is 18.9. The second-order valence-electron chi connectivity index (χ2n) is 8.18. The van der Waals surface area contributed by atoms with Crippen LogP contribution in [0.4, 0.5) is 5.69 Å². The number of allylic oxidation sites excluding steroid dienone is 2. The summed E-state index contributed by atoms with van der Waals surface area (Å²) in [7, 11) is 1.58. The van der Waals surface area contributed by atoms with Crippen LogP contribution in [0.15, 0.2) is 87.9 Å². The summed E-state index contributed by atoms with van der Waals surface area (Å²) in [6.07, 6.45) is 0. The number of Topliss-reactive ketones (excluding diaryl/α,β-unsaturated/α-hetero) is 1. The number of hydrogen-bond acceptors (Lipinski definition) is 7. The van der Waals surface area contributed by atoms with Crippen LogP contribution in [-0.4, -0.2) is 24.6 Å². The number of benzene rings is 2. The molecule has 3 aromatic rings. The van der Waals surface area contributed by atoms with E-state index in [1.54, 1.807) is 31.4 Å². The molecule has 2 N–H and O–H groups in total. The number of methoxy groups -OCH3 is 1. The van der Waals surface area contributed by atoms with E-state index in [1.807, 2.05) is 55.6 Å². The lowest BCUT2D eigenvalue weighted by Crippen LogP contribution is -2.30. The first-order valence-corrected chi connectivity index (χ1v) is 13.1. The van der Waals surface area contributed by atoms with Gasteiger partial charge in [-0.1, -0.05) is 36.0 Å². The molecule has 1 atom stereocenters. The van der Waals surface area contributed by atoms with E-state index >= 15 is 0 Å². The molecule has 1 aliphatic rings. The maximum atomic E-state index is 13.5. The fourth-order valence-corrected chi connectivity index (χ4v) is 5.80. The zero-order valence-corrected chi connectivity index (χ0v) is 21.8. The number of anilines is 1. The van der Waals surface area contributed by atoms with E-state index in [2.05, 4.69) is 16.7 Å². The number of nitrogens with one attached hydrogen (secondary N) is 2. The number of thioether (sulfide) groups is 1. The van der Waals surface area contributed by atoms with Crippen molar-refractivity contribution in [3.05, 3.63) is 104 Å². The van der Waals surface area contributed by atoms with Gasteiger partial charge in [0.1, 0.15) is 5.75 Å². The summed E-state index contributed by atoms with van der Waals surface area (Å²) in [6.45, 7) is 3.76. The molecule has 8 heteroatoms. The van der Waals surface area contributed by atoms with E-state index in [9.17, 15) is 14.9 Å². The summed E-state index contributed by atoms with van der Waals surface area (Å²) in [5.41, 5.74) is 3.80. The van der Waals surface area contributed by atoms with Crippen molar-refractivity contribution in [2.75, 3.05) is 18.2 Å². The van der Waals surface area contributed by atoms with Gasteiger partial charge in [-0.2, -0.15) is 5.26 Å². The number of rotatable bonds is 8. The number of carbonyl (C=O) groups excluding carboxylic acids is 2. The zero-order valence-electron chi connectivity index (χ0n) is 20.1. The van der Waals surface area contributed by atoms with Crippen molar-refractivity contribution in [3.63, 3.8) is 0 Å². The van der Waals surface area contributed by atoms with Crippen molar-refractivity contribution in [2.24, 2.45) is 0 Å². The summed E-state index contributed by atoms with van der Waals surface area (Å²) in [5.74, 6) is -0.0299. The number of aryl methyl sites for hydroxylation is 1. The SMILES string of the molecule is COc1ccc(C(=O)CSC2=C(C#N)[C@@H](c3cccs3)C(C(=O)Nc3ccccc3C)=C(C)N2)cc1. The number of thiophene rings is 1. The molecule has 1 amide bonds. The van der Waals surface area contributed by atoms with Crippen molar-refractivity contribution in [1.29, 1.82) is 5.26 Å². The van der Waals surface area contributed by atoms with Crippen molar-refractivity contribution in [3.8, 4) is 11.8 Å². The number of ether oxygens (including phenoxy) is 1. The Morgan fingerprint density at radius 3 is 2.50 bits per heavy atom. The van der Waals surface area contributed by atoms with Gasteiger partial charge in [0, 0.05) is 27.4 Å². The van der Waals surface area contributed by atoms with E-state index < -0.39 is 5.92 Å². The van der Waals surface area contributed by atoms with Crippen LogP contribution in [0.2, 0.25) is 0 Å². The Hall–Kier alpha value is -3.80. The third-order valence-electron chi connectivity index (χ3n) is 5.87. The topological polar surface area (TPSA) is 91.2 Å². The quantitative estimate of drug-likeness (QED) is 0.357. The van der Waals surface area contributed by atoms with Gasteiger partial charge in [0.2, 0.25) is 0 Å². The van der Waals surface area contributed by atoms with Gasteiger partial charge in [-0.25, -0.2) is 0 Å². The molecule has 0 fully saturated rings. The third-order valence-corrected chi connectivity index (χ3v) is 7.83. The van der Waals surface area contributed by atoms with Gasteiger partial charge >= 0.3 is 0 Å². The fraction of sp³-hybridized carbons (Fsp3) is 0.179. The molecule has 2 heterocycles. The van der Waals surface area contributed by atoms with Crippen LogP contribution in [0.5, 0.6) is 5.75 Å². The lowest BCUT2D eigenvalue weighted by Gasteiger charge is -2.29. The Kier molecular flexibility index (Phi) is 7.93. The molecule has 0 bridgehead atoms. The predicted octanol–water partition coefficient (Wildman–Crippen LogP) is 6.02. The minimum absolute atomic E-state index is 0.0633. The predicted molar refractivity (Wildman–Crippen MR) is 145 cm³/mol. The lowest BCUT2D eigenvalue weighted by molar-refractivity contribution is -0.113. The number of nitrogens with zero attached hydrogens (tertiary/aromatic N) is 1. The molecule has 0 unspecified atom stereocenters. The van der Waals surface area contributed by atoms with E-state index in [-0.39, 0.29) is 17.4 Å². The number of hydrogen-bond donors (Lipinski definition) is 2. The molecule has 6 nitrogen and oxygen atoms in total. The van der Waals surface area contributed by atoms with Crippen LogP contribution in [-0.2, 0) is 4.79 Å². The molecular formula is C28H25N3O3S2. The fourth-order valence-electron chi connectivity index (χ4n) is 3.97. The number of nitriles is 1. The number of carbonyl (C=O) groups is 2. The van der Waals surface area contributed by atoms with E-state index in [0.29, 0.717) is 33.2 Å².